The minimum Gasteiger partial charge on any atom is -0.481 e. The van der Waals surface area contributed by atoms with E-state index in [1.54, 1.807) is 24.3 Å². The number of nitrogens with two attached hydrogens (primary N) is 1. The molecule has 1 aromatic rings. The maximum atomic E-state index is 14.3. The number of carbonyl (C=O) groups excluding carboxylic acids is 3. The summed E-state index contributed by atoms with van der Waals surface area (Å²) in [6, 6.07) is 5.19. The molecule has 1 amide bonds. The van der Waals surface area contributed by atoms with Gasteiger partial charge in [0.2, 0.25) is 0 Å². The molecule has 10 nitrogen and oxygen atoms in total. The number of allylic oxidation sites excluding steroid dienone is 1. The van der Waals surface area contributed by atoms with Crippen LogP contribution in [-0.2, 0) is 19.1 Å². The second kappa shape index (κ2) is 16.9. The van der Waals surface area contributed by atoms with Gasteiger partial charge >= 0.3 is 11.9 Å². The maximum Gasteiger partial charge on any atom is 0.309 e. The Morgan fingerprint density at radius 2 is 1.60 bits per heavy atom. The molecule has 11 heteroatoms. The lowest BCUT2D eigenvalue weighted by Crippen LogP contribution is -2.66. The van der Waals surface area contributed by atoms with Gasteiger partial charge in [-0.15, -0.1) is 0 Å². The minimum atomic E-state index is -1.37. The number of benzene rings is 1. The van der Waals surface area contributed by atoms with Crippen molar-refractivity contribution in [1.29, 1.82) is 0 Å². The molecule has 344 valence electrons. The molecule has 0 heterocycles. The standard InChI is InChI=1S/C51H76ClN3O7/c1-29(2)41-36(56)26-51(39(57)28-54-27-32(11-10-24-53)55-43(58)30-12-14-31(52)15-13-30)23-22-49(8)33(42(41)51)16-17-38-48(7)20-19-40(47(5,6)37(48)18-21-50(38,49)9)62-45(61)35-25-34(44(59)60)46(35,3)4/h12-15,29,32-35,37-40,54,57H,10-11,16-28,53H2,1-9H3,(H,55,58)(H,59,60)/t32?,33-,34+,35-,37+,38-,39+,40+,48+,49-,50-,51+/m1/s1/i32D. The first-order valence-corrected chi connectivity index (χ1v) is 24.1. The van der Waals surface area contributed by atoms with Gasteiger partial charge in [0.15, 0.2) is 5.78 Å². The molecule has 0 radical (unpaired) electrons. The van der Waals surface area contributed by atoms with Crippen molar-refractivity contribution in [2.75, 3.05) is 19.6 Å². The van der Waals surface area contributed by atoms with Gasteiger partial charge in [-0.05, 0) is 152 Å². The minimum absolute atomic E-state index is 0.0191. The predicted octanol–water partition coefficient (Wildman–Crippen LogP) is 8.77. The largest absolute Gasteiger partial charge is 0.481 e. The van der Waals surface area contributed by atoms with Crippen LogP contribution in [0, 0.1) is 68.0 Å². The summed E-state index contributed by atoms with van der Waals surface area (Å²) >= 11 is 6.06. The fraction of sp³-hybridized carbons (Fsp3) is 0.765. The number of carbonyl (C=O) groups is 4. The first-order chi connectivity index (χ1) is 29.3. The van der Waals surface area contributed by atoms with Crippen molar-refractivity contribution in [2.45, 2.75) is 158 Å². The summed E-state index contributed by atoms with van der Waals surface area (Å²) in [5.74, 6) is -1.32. The Bertz CT molecular complexity index is 2000. The third-order valence-electron chi connectivity index (χ3n) is 18.9. The molecule has 0 spiro atoms. The molecule has 12 atom stereocenters. The molecule has 5 saturated carbocycles. The van der Waals surface area contributed by atoms with Crippen LogP contribution < -0.4 is 16.4 Å². The normalized spacial score (nSPS) is 38.6. The highest BCUT2D eigenvalue weighted by atomic mass is 35.5. The summed E-state index contributed by atoms with van der Waals surface area (Å²) in [7, 11) is 0. The summed E-state index contributed by atoms with van der Waals surface area (Å²) in [6.45, 7) is 20.8. The molecule has 5 fully saturated rings. The fourth-order valence-electron chi connectivity index (χ4n) is 15.1. The highest BCUT2D eigenvalue weighted by Gasteiger charge is 2.71. The van der Waals surface area contributed by atoms with Crippen LogP contribution in [0.4, 0.5) is 0 Å². The number of nitrogens with one attached hydrogen (secondary N) is 2. The van der Waals surface area contributed by atoms with Gasteiger partial charge in [0.1, 0.15) is 6.10 Å². The molecule has 6 aliphatic rings. The van der Waals surface area contributed by atoms with Crippen LogP contribution in [0.3, 0.4) is 0 Å². The molecule has 1 aromatic carbocycles. The fourth-order valence-corrected chi connectivity index (χ4v) is 15.3. The summed E-state index contributed by atoms with van der Waals surface area (Å²) < 4.78 is 15.7. The van der Waals surface area contributed by atoms with Crippen LogP contribution in [0.1, 0.15) is 151 Å². The monoisotopic (exact) mass is 879 g/mol. The number of Topliss-reactive ketones (excluding diaryl/α,β-unsaturated/α-hetero) is 1. The van der Waals surface area contributed by atoms with Crippen molar-refractivity contribution in [3.05, 3.63) is 46.0 Å². The number of hydrogen-bond donors (Lipinski definition) is 5. The van der Waals surface area contributed by atoms with Crippen LogP contribution in [-0.4, -0.2) is 71.7 Å². The predicted molar refractivity (Wildman–Crippen MR) is 242 cm³/mol. The number of amides is 1. The van der Waals surface area contributed by atoms with Crippen LogP contribution in [0.5, 0.6) is 0 Å². The van der Waals surface area contributed by atoms with E-state index in [-0.39, 0.29) is 70.3 Å². The number of fused-ring (bicyclic) bond motifs is 7. The van der Waals surface area contributed by atoms with E-state index in [0.717, 1.165) is 50.5 Å². The van der Waals surface area contributed by atoms with E-state index >= 15 is 0 Å². The summed E-state index contributed by atoms with van der Waals surface area (Å²) in [6.07, 6.45) is 7.79. The van der Waals surface area contributed by atoms with E-state index in [1.807, 2.05) is 13.8 Å². The molecule has 0 bridgehead atoms. The van der Waals surface area contributed by atoms with Gasteiger partial charge in [0.25, 0.3) is 5.91 Å². The number of esters is 1. The lowest BCUT2D eigenvalue weighted by molar-refractivity contribution is -0.238. The molecule has 0 saturated heterocycles. The molecular formula is C51H76ClN3O7. The van der Waals surface area contributed by atoms with Crippen molar-refractivity contribution >= 4 is 35.2 Å². The Kier molecular flexibility index (Phi) is 12.5. The molecule has 7 rings (SSSR count). The summed E-state index contributed by atoms with van der Waals surface area (Å²) in [5.41, 5.74) is 6.67. The van der Waals surface area contributed by atoms with Crippen LogP contribution in [0.15, 0.2) is 35.4 Å². The van der Waals surface area contributed by atoms with E-state index in [9.17, 15) is 30.8 Å². The van der Waals surface area contributed by atoms with Gasteiger partial charge in [-0.3, -0.25) is 19.2 Å². The van der Waals surface area contributed by atoms with Gasteiger partial charge in [0.05, 0.1) is 19.3 Å². The van der Waals surface area contributed by atoms with E-state index in [1.165, 1.54) is 5.57 Å². The Morgan fingerprint density at radius 1 is 0.903 bits per heavy atom. The Hall–Kier alpha value is -2.79. The quantitative estimate of drug-likeness (QED) is 0.115. The number of ketones is 1. The van der Waals surface area contributed by atoms with Gasteiger partial charge in [-0.1, -0.05) is 79.5 Å². The van der Waals surface area contributed by atoms with Gasteiger partial charge in [-0.25, -0.2) is 0 Å². The molecular weight excluding hydrogens is 802 g/mol. The number of halogens is 1. The maximum absolute atomic E-state index is 14.3. The van der Waals surface area contributed by atoms with E-state index in [4.69, 9.17) is 22.1 Å². The number of ether oxygens (including phenoxy) is 1. The lowest BCUT2D eigenvalue weighted by atomic mass is 9.33. The number of hydrogen-bond acceptors (Lipinski definition) is 8. The highest BCUT2D eigenvalue weighted by Crippen LogP contribution is 2.77. The van der Waals surface area contributed by atoms with Gasteiger partial charge in [0, 0.05) is 46.9 Å². The smallest absolute Gasteiger partial charge is 0.309 e. The lowest BCUT2D eigenvalue weighted by Gasteiger charge is -2.72. The van der Waals surface area contributed by atoms with E-state index < -0.39 is 40.8 Å². The topological polar surface area (TPSA) is 168 Å². The molecule has 0 aromatic heterocycles. The van der Waals surface area contributed by atoms with Crippen LogP contribution in [0.25, 0.3) is 0 Å². The third kappa shape index (κ3) is 7.50. The number of aliphatic carboxylic acids is 1. The summed E-state index contributed by atoms with van der Waals surface area (Å²) in [5, 5.41) is 28.9. The molecule has 6 aliphatic carbocycles. The van der Waals surface area contributed by atoms with E-state index in [2.05, 4.69) is 59.1 Å². The second-order valence-electron chi connectivity index (χ2n) is 22.7. The zero-order valence-corrected chi connectivity index (χ0v) is 39.7. The first-order valence-electron chi connectivity index (χ1n) is 24.2. The van der Waals surface area contributed by atoms with Crippen molar-refractivity contribution in [1.82, 2.24) is 10.6 Å². The Morgan fingerprint density at radius 3 is 2.23 bits per heavy atom. The Balaban J connectivity index is 1.09. The first kappa shape index (κ1) is 45.8. The van der Waals surface area contributed by atoms with Crippen molar-refractivity contribution in [2.24, 2.45) is 73.7 Å². The number of carboxylic acids is 1. The van der Waals surface area contributed by atoms with E-state index in [0.29, 0.717) is 61.1 Å². The molecule has 0 aliphatic heterocycles. The van der Waals surface area contributed by atoms with Crippen molar-refractivity contribution in [3.63, 3.8) is 0 Å². The van der Waals surface area contributed by atoms with Crippen molar-refractivity contribution in [3.8, 4) is 0 Å². The molecule has 1 unspecified atom stereocenters. The summed E-state index contributed by atoms with van der Waals surface area (Å²) in [4.78, 5) is 53.0. The van der Waals surface area contributed by atoms with Crippen molar-refractivity contribution < 1.29 is 35.5 Å². The second-order valence-corrected chi connectivity index (χ2v) is 23.2. The molecule has 62 heavy (non-hydrogen) atoms. The van der Waals surface area contributed by atoms with Crippen LogP contribution >= 0.6 is 11.6 Å². The van der Waals surface area contributed by atoms with Gasteiger partial charge in [-0.2, -0.15) is 0 Å². The third-order valence-corrected chi connectivity index (χ3v) is 19.2. The van der Waals surface area contributed by atoms with Gasteiger partial charge < -0.3 is 31.3 Å². The molecule has 6 N–H and O–H groups in total. The number of carboxylic acid groups (broad SMARTS) is 1. The Labute approximate surface area is 377 Å². The number of rotatable bonds is 14. The SMILES string of the molecule is [2H]C(CCCN)(CNC[C@H](O)[C@@]12CC[C@]3(C)[C@H](CC[C@@H]4[C@@]5(C)CC[C@H](OC(=O)[C@H]6C[C@@H](C(=O)O)C6(C)C)C(C)(C)[C@@H]5CC[C@]43C)C1=C(C(C)C)C(=O)C2)NC(=O)c1ccc(Cl)cc1. The zero-order chi connectivity index (χ0) is 46.3. The number of aliphatic hydroxyl groups is 1. The highest BCUT2D eigenvalue weighted by molar-refractivity contribution is 6.30. The number of aliphatic hydroxyl groups excluding tert-OH is 1. The van der Waals surface area contributed by atoms with Crippen LogP contribution in [0.2, 0.25) is 5.02 Å². The average Bonchev–Trinajstić information content (AvgIpc) is 3.51. The zero-order valence-electron chi connectivity index (χ0n) is 39.9. The average molecular weight is 880 g/mol.